The van der Waals surface area contributed by atoms with Crippen LogP contribution in [0.4, 0.5) is 15.3 Å². The molecule has 0 radical (unpaired) electrons. The van der Waals surface area contributed by atoms with Gasteiger partial charge in [0, 0.05) is 4.88 Å². The average molecular weight is 292 g/mol. The fourth-order valence-electron chi connectivity index (χ4n) is 2.20. The van der Waals surface area contributed by atoms with E-state index in [2.05, 4.69) is 15.3 Å². The van der Waals surface area contributed by atoms with Gasteiger partial charge in [-0.05, 0) is 31.7 Å². The molecule has 5 nitrogen and oxygen atoms in total. The van der Waals surface area contributed by atoms with Crippen molar-refractivity contribution in [3.8, 4) is 0 Å². The zero-order chi connectivity index (χ0) is 14.1. The lowest BCUT2D eigenvalue weighted by Gasteiger charge is -2.06. The van der Waals surface area contributed by atoms with Crippen molar-refractivity contribution < 1.29 is 9.18 Å². The van der Waals surface area contributed by atoms with Gasteiger partial charge < -0.3 is 5.73 Å². The molecule has 0 saturated carbocycles. The Morgan fingerprint density at radius 1 is 1.40 bits per heavy atom. The van der Waals surface area contributed by atoms with Crippen LogP contribution < -0.4 is 11.1 Å². The smallest absolute Gasteiger partial charge is 0.261 e. The molecule has 0 aliphatic heterocycles. The van der Waals surface area contributed by atoms with Crippen molar-refractivity contribution >= 4 is 28.2 Å². The number of fused-ring (bicyclic) bond motifs is 1. The number of halogens is 1. The first-order valence-corrected chi connectivity index (χ1v) is 7.16. The third-order valence-electron chi connectivity index (χ3n) is 3.20. The second kappa shape index (κ2) is 5.16. The second-order valence-electron chi connectivity index (χ2n) is 4.64. The maximum Gasteiger partial charge on any atom is 0.261 e. The van der Waals surface area contributed by atoms with Gasteiger partial charge in [0.05, 0.1) is 17.5 Å². The van der Waals surface area contributed by atoms with Crippen molar-refractivity contribution in [2.75, 3.05) is 11.1 Å². The van der Waals surface area contributed by atoms with Crippen LogP contribution in [0.3, 0.4) is 0 Å². The molecule has 3 rings (SSSR count). The number of amides is 1. The van der Waals surface area contributed by atoms with E-state index in [9.17, 15) is 9.18 Å². The summed E-state index contributed by atoms with van der Waals surface area (Å²) in [5.41, 5.74) is 6.67. The summed E-state index contributed by atoms with van der Waals surface area (Å²) in [6.07, 6.45) is 5.22. The van der Waals surface area contributed by atoms with E-state index in [1.165, 1.54) is 16.2 Å². The van der Waals surface area contributed by atoms with Gasteiger partial charge >= 0.3 is 0 Å². The van der Waals surface area contributed by atoms with Gasteiger partial charge in [0.25, 0.3) is 5.91 Å². The van der Waals surface area contributed by atoms with Crippen molar-refractivity contribution in [2.45, 2.75) is 25.7 Å². The second-order valence-corrected chi connectivity index (χ2v) is 5.72. The summed E-state index contributed by atoms with van der Waals surface area (Å²) >= 11 is 1.47. The number of carbonyl (C=O) groups is 1. The Morgan fingerprint density at radius 2 is 2.20 bits per heavy atom. The van der Waals surface area contributed by atoms with E-state index in [0.717, 1.165) is 43.6 Å². The molecule has 0 bridgehead atoms. The average Bonchev–Trinajstić information content (AvgIpc) is 2.83. The number of carbonyl (C=O) groups excluding carboxylic acids is 1. The van der Waals surface area contributed by atoms with Gasteiger partial charge in [-0.15, -0.1) is 11.3 Å². The van der Waals surface area contributed by atoms with Gasteiger partial charge in [-0.25, -0.2) is 14.4 Å². The van der Waals surface area contributed by atoms with Crippen LogP contribution in [0.25, 0.3) is 0 Å². The third-order valence-corrected chi connectivity index (χ3v) is 4.27. The summed E-state index contributed by atoms with van der Waals surface area (Å²) in [6.45, 7) is 0. The van der Waals surface area contributed by atoms with E-state index < -0.39 is 11.7 Å². The predicted octanol–water partition coefficient (Wildman–Crippen LogP) is 2.39. The molecular weight excluding hydrogens is 279 g/mol. The lowest BCUT2D eigenvalue weighted by Crippen LogP contribution is -2.15. The molecule has 7 heteroatoms. The fraction of sp³-hybridized carbons (Fsp3) is 0.308. The number of anilines is 2. The molecule has 1 aliphatic rings. The molecule has 2 aromatic heterocycles. The van der Waals surface area contributed by atoms with Gasteiger partial charge in [-0.3, -0.25) is 10.1 Å². The van der Waals surface area contributed by atoms with E-state index in [0.29, 0.717) is 5.13 Å². The van der Waals surface area contributed by atoms with Gasteiger partial charge in [0.15, 0.2) is 5.13 Å². The van der Waals surface area contributed by atoms with E-state index >= 15 is 0 Å². The first-order chi connectivity index (χ1) is 9.63. The molecule has 0 aromatic carbocycles. The number of aryl methyl sites for hydroxylation is 2. The van der Waals surface area contributed by atoms with Crippen molar-refractivity contribution in [3.63, 3.8) is 0 Å². The minimum absolute atomic E-state index is 0.00483. The van der Waals surface area contributed by atoms with Crippen LogP contribution in [0.1, 0.15) is 33.8 Å². The van der Waals surface area contributed by atoms with Gasteiger partial charge in [-0.2, -0.15) is 0 Å². The van der Waals surface area contributed by atoms with Gasteiger partial charge in [0.2, 0.25) is 0 Å². The number of hydrogen-bond acceptors (Lipinski definition) is 5. The van der Waals surface area contributed by atoms with E-state index in [-0.39, 0.29) is 11.4 Å². The fourth-order valence-corrected chi connectivity index (χ4v) is 3.25. The molecule has 3 N–H and O–H groups in total. The Bertz CT molecular complexity index is 647. The highest BCUT2D eigenvalue weighted by Gasteiger charge is 2.18. The number of nitrogens with zero attached hydrogens (tertiary/aromatic N) is 2. The maximum atomic E-state index is 13.1. The van der Waals surface area contributed by atoms with E-state index in [4.69, 9.17) is 5.73 Å². The molecule has 0 spiro atoms. The topological polar surface area (TPSA) is 80.9 Å². The lowest BCUT2D eigenvalue weighted by molar-refractivity contribution is 0.102. The normalized spacial score (nSPS) is 13.8. The van der Waals surface area contributed by atoms with Gasteiger partial charge in [-0.1, -0.05) is 0 Å². The molecule has 1 amide bonds. The van der Waals surface area contributed by atoms with Crippen LogP contribution in [0.2, 0.25) is 0 Å². The number of thiazole rings is 1. The number of nitrogens with one attached hydrogen (secondary N) is 1. The highest BCUT2D eigenvalue weighted by molar-refractivity contribution is 7.15. The summed E-state index contributed by atoms with van der Waals surface area (Å²) in [6, 6.07) is 1.07. The molecule has 104 valence electrons. The highest BCUT2D eigenvalue weighted by atomic mass is 32.1. The zero-order valence-electron chi connectivity index (χ0n) is 10.6. The largest absolute Gasteiger partial charge is 0.383 e. The number of nitrogens with two attached hydrogens (primary N) is 1. The van der Waals surface area contributed by atoms with Crippen molar-refractivity contribution in [2.24, 2.45) is 0 Å². The van der Waals surface area contributed by atoms with Crippen molar-refractivity contribution in [1.82, 2.24) is 9.97 Å². The maximum absolute atomic E-state index is 13.1. The van der Waals surface area contributed by atoms with E-state index in [1.54, 1.807) is 0 Å². The monoisotopic (exact) mass is 292 g/mol. The predicted molar refractivity (Wildman–Crippen MR) is 75.3 cm³/mol. The zero-order valence-corrected chi connectivity index (χ0v) is 11.5. The molecule has 1 aliphatic carbocycles. The SMILES string of the molecule is Nc1ncc(F)cc1C(=O)Nc1nc2c(s1)CCCC2. The standard InChI is InChI=1S/C13H13FN4OS/c14-7-5-8(11(15)16-6-7)12(19)18-13-17-9-3-1-2-4-10(9)20-13/h5-6H,1-4H2,(H2,15,16)(H,17,18,19). The Kier molecular flexibility index (Phi) is 3.35. The number of nitrogen functional groups attached to an aromatic ring is 1. The van der Waals surface area contributed by atoms with E-state index in [1.807, 2.05) is 0 Å². The van der Waals surface area contributed by atoms with Crippen molar-refractivity contribution in [3.05, 3.63) is 34.2 Å². The number of hydrogen-bond donors (Lipinski definition) is 2. The van der Waals surface area contributed by atoms with Crippen LogP contribution in [-0.4, -0.2) is 15.9 Å². The first-order valence-electron chi connectivity index (χ1n) is 6.34. The van der Waals surface area contributed by atoms with Crippen LogP contribution in [0, 0.1) is 5.82 Å². The molecule has 0 saturated heterocycles. The molecule has 0 unspecified atom stereocenters. The molecule has 2 aromatic rings. The number of aromatic nitrogens is 2. The third kappa shape index (κ3) is 2.49. The molecule has 2 heterocycles. The summed E-state index contributed by atoms with van der Waals surface area (Å²) in [4.78, 5) is 21.3. The van der Waals surface area contributed by atoms with Crippen LogP contribution in [-0.2, 0) is 12.8 Å². The van der Waals surface area contributed by atoms with Gasteiger partial charge in [0.1, 0.15) is 11.6 Å². The molecule has 0 fully saturated rings. The van der Waals surface area contributed by atoms with Crippen molar-refractivity contribution in [1.29, 1.82) is 0 Å². The lowest BCUT2D eigenvalue weighted by atomic mass is 10.0. The summed E-state index contributed by atoms with van der Waals surface area (Å²) in [5.74, 6) is -1.08. The number of rotatable bonds is 2. The molecule has 20 heavy (non-hydrogen) atoms. The summed E-state index contributed by atoms with van der Waals surface area (Å²) in [7, 11) is 0. The summed E-state index contributed by atoms with van der Waals surface area (Å²) in [5, 5.41) is 3.20. The Balaban J connectivity index is 1.82. The quantitative estimate of drug-likeness (QED) is 0.890. The molecular formula is C13H13FN4OS. The Hall–Kier alpha value is -2.02. The summed E-state index contributed by atoms with van der Waals surface area (Å²) < 4.78 is 13.1. The first kappa shape index (κ1) is 13.0. The number of pyridine rings is 1. The molecule has 0 atom stereocenters. The highest BCUT2D eigenvalue weighted by Crippen LogP contribution is 2.29. The van der Waals surface area contributed by atoms with Crippen LogP contribution >= 0.6 is 11.3 Å². The minimum atomic E-state index is -0.595. The Labute approximate surface area is 119 Å². The minimum Gasteiger partial charge on any atom is -0.383 e. The Morgan fingerprint density at radius 3 is 3.00 bits per heavy atom. The van der Waals surface area contributed by atoms with Crippen LogP contribution in [0.5, 0.6) is 0 Å². The van der Waals surface area contributed by atoms with Crippen LogP contribution in [0.15, 0.2) is 12.3 Å².